The van der Waals surface area contributed by atoms with Crippen molar-refractivity contribution in [3.05, 3.63) is 35.4 Å². The fourth-order valence-electron chi connectivity index (χ4n) is 2.30. The van der Waals surface area contributed by atoms with Gasteiger partial charge in [0.25, 0.3) is 0 Å². The van der Waals surface area contributed by atoms with E-state index in [0.717, 1.165) is 13.0 Å². The molecule has 80 valence electrons. The van der Waals surface area contributed by atoms with Crippen molar-refractivity contribution in [1.82, 2.24) is 5.32 Å². The van der Waals surface area contributed by atoms with Gasteiger partial charge < -0.3 is 5.32 Å². The van der Waals surface area contributed by atoms with Gasteiger partial charge in [-0.1, -0.05) is 38.1 Å². The van der Waals surface area contributed by atoms with Crippen LogP contribution in [0.25, 0.3) is 0 Å². The summed E-state index contributed by atoms with van der Waals surface area (Å²) in [4.78, 5) is 11.9. The van der Waals surface area contributed by atoms with Crippen LogP contribution in [-0.2, 0) is 11.2 Å². The van der Waals surface area contributed by atoms with Crippen LogP contribution >= 0.6 is 0 Å². The average molecular weight is 203 g/mol. The van der Waals surface area contributed by atoms with Crippen molar-refractivity contribution < 1.29 is 4.79 Å². The topological polar surface area (TPSA) is 29.1 Å². The molecule has 2 rings (SSSR count). The molecular weight excluding hydrogens is 186 g/mol. The van der Waals surface area contributed by atoms with Crippen LogP contribution in [0.3, 0.4) is 0 Å². The highest BCUT2D eigenvalue weighted by Gasteiger charge is 2.27. The molecule has 1 amide bonds. The highest BCUT2D eigenvalue weighted by molar-refractivity contribution is 5.84. The Labute approximate surface area is 90.7 Å². The normalized spacial score (nSPS) is 20.7. The number of carbonyl (C=O) groups is 1. The molecule has 1 aromatic rings. The van der Waals surface area contributed by atoms with Gasteiger partial charge in [0.2, 0.25) is 5.91 Å². The van der Waals surface area contributed by atoms with Crippen LogP contribution < -0.4 is 5.32 Å². The molecule has 1 aliphatic heterocycles. The van der Waals surface area contributed by atoms with Crippen molar-refractivity contribution in [1.29, 1.82) is 0 Å². The zero-order valence-electron chi connectivity index (χ0n) is 9.29. The minimum Gasteiger partial charge on any atom is -0.355 e. The summed E-state index contributed by atoms with van der Waals surface area (Å²) in [7, 11) is 0. The standard InChI is InChI=1S/C13H17NO/c1-9(2)12-11-6-4-3-5-10(11)7-8-14-13(12)15/h3-6,9,12H,7-8H2,1-2H3,(H,14,15). The maximum atomic E-state index is 11.9. The van der Waals surface area contributed by atoms with Crippen LogP contribution in [0.4, 0.5) is 0 Å². The number of amides is 1. The van der Waals surface area contributed by atoms with E-state index in [1.807, 2.05) is 12.1 Å². The maximum absolute atomic E-state index is 11.9. The number of benzene rings is 1. The van der Waals surface area contributed by atoms with Gasteiger partial charge in [0.15, 0.2) is 0 Å². The smallest absolute Gasteiger partial charge is 0.227 e. The molecule has 0 aromatic heterocycles. The molecule has 1 unspecified atom stereocenters. The molecule has 0 bridgehead atoms. The third-order valence-corrected chi connectivity index (χ3v) is 3.03. The minimum absolute atomic E-state index is 0.0173. The molecule has 0 saturated carbocycles. The molecule has 2 nitrogen and oxygen atoms in total. The lowest BCUT2D eigenvalue weighted by Gasteiger charge is -2.19. The van der Waals surface area contributed by atoms with Crippen molar-refractivity contribution in [2.75, 3.05) is 6.54 Å². The summed E-state index contributed by atoms with van der Waals surface area (Å²) in [6.45, 7) is 4.97. The summed E-state index contributed by atoms with van der Waals surface area (Å²) in [5.41, 5.74) is 2.53. The van der Waals surface area contributed by atoms with Crippen molar-refractivity contribution >= 4 is 5.91 Å². The minimum atomic E-state index is 0.0173. The van der Waals surface area contributed by atoms with E-state index >= 15 is 0 Å². The summed E-state index contributed by atoms with van der Waals surface area (Å²) in [6.07, 6.45) is 0.950. The second kappa shape index (κ2) is 4.05. The van der Waals surface area contributed by atoms with Crippen LogP contribution in [0.15, 0.2) is 24.3 Å². The molecule has 0 saturated heterocycles. The van der Waals surface area contributed by atoms with Gasteiger partial charge in [-0.3, -0.25) is 4.79 Å². The first-order valence-corrected chi connectivity index (χ1v) is 5.55. The summed E-state index contributed by atoms with van der Waals surface area (Å²) in [5.74, 6) is 0.544. The number of fused-ring (bicyclic) bond motifs is 1. The molecule has 1 atom stereocenters. The van der Waals surface area contributed by atoms with E-state index in [4.69, 9.17) is 0 Å². The van der Waals surface area contributed by atoms with Gasteiger partial charge in [-0.25, -0.2) is 0 Å². The lowest BCUT2D eigenvalue weighted by molar-refractivity contribution is -0.123. The highest BCUT2D eigenvalue weighted by atomic mass is 16.1. The van der Waals surface area contributed by atoms with Gasteiger partial charge in [0.05, 0.1) is 5.92 Å². The lowest BCUT2D eigenvalue weighted by atomic mass is 9.85. The van der Waals surface area contributed by atoms with Crippen LogP contribution in [-0.4, -0.2) is 12.5 Å². The van der Waals surface area contributed by atoms with Crippen LogP contribution in [0.5, 0.6) is 0 Å². The first-order chi connectivity index (χ1) is 7.20. The number of hydrogen-bond donors (Lipinski definition) is 1. The molecular formula is C13H17NO. The fourth-order valence-corrected chi connectivity index (χ4v) is 2.30. The van der Waals surface area contributed by atoms with Gasteiger partial charge in [-0.15, -0.1) is 0 Å². The van der Waals surface area contributed by atoms with E-state index < -0.39 is 0 Å². The summed E-state index contributed by atoms with van der Waals surface area (Å²) in [5, 5.41) is 2.98. The second-order valence-electron chi connectivity index (χ2n) is 4.46. The third-order valence-electron chi connectivity index (χ3n) is 3.03. The highest BCUT2D eigenvalue weighted by Crippen LogP contribution is 2.29. The summed E-state index contributed by atoms with van der Waals surface area (Å²) < 4.78 is 0. The van der Waals surface area contributed by atoms with Crippen LogP contribution in [0.1, 0.15) is 30.9 Å². The first kappa shape index (κ1) is 10.2. The van der Waals surface area contributed by atoms with E-state index in [1.165, 1.54) is 11.1 Å². The van der Waals surface area contributed by atoms with Gasteiger partial charge >= 0.3 is 0 Å². The van der Waals surface area contributed by atoms with E-state index in [-0.39, 0.29) is 11.8 Å². The van der Waals surface area contributed by atoms with Gasteiger partial charge in [0, 0.05) is 6.54 Å². The predicted octanol–water partition coefficient (Wildman–Crippen LogP) is 2.10. The monoisotopic (exact) mass is 203 g/mol. The van der Waals surface area contributed by atoms with E-state index in [9.17, 15) is 4.79 Å². The Morgan fingerprint density at radius 1 is 1.33 bits per heavy atom. The quantitative estimate of drug-likeness (QED) is 0.744. The maximum Gasteiger partial charge on any atom is 0.227 e. The van der Waals surface area contributed by atoms with E-state index in [0.29, 0.717) is 5.92 Å². The van der Waals surface area contributed by atoms with Gasteiger partial charge in [-0.2, -0.15) is 0 Å². The van der Waals surface area contributed by atoms with Crippen molar-refractivity contribution in [3.8, 4) is 0 Å². The zero-order chi connectivity index (χ0) is 10.8. The Bertz CT molecular complexity index is 371. The number of rotatable bonds is 1. The molecule has 1 aromatic carbocycles. The summed E-state index contributed by atoms with van der Waals surface area (Å²) in [6, 6.07) is 8.29. The van der Waals surface area contributed by atoms with Crippen molar-refractivity contribution in [2.24, 2.45) is 5.92 Å². The number of carbonyl (C=O) groups excluding carboxylic acids is 1. The van der Waals surface area contributed by atoms with E-state index in [1.54, 1.807) is 0 Å². The Morgan fingerprint density at radius 3 is 2.80 bits per heavy atom. The Balaban J connectivity index is 2.47. The molecule has 0 aliphatic carbocycles. The number of hydrogen-bond acceptors (Lipinski definition) is 1. The molecule has 0 fully saturated rings. The first-order valence-electron chi connectivity index (χ1n) is 5.55. The predicted molar refractivity (Wildman–Crippen MR) is 60.7 cm³/mol. The molecule has 15 heavy (non-hydrogen) atoms. The van der Waals surface area contributed by atoms with Crippen molar-refractivity contribution in [2.45, 2.75) is 26.2 Å². The Morgan fingerprint density at radius 2 is 2.07 bits per heavy atom. The van der Waals surface area contributed by atoms with Crippen molar-refractivity contribution in [3.63, 3.8) is 0 Å². The van der Waals surface area contributed by atoms with Gasteiger partial charge in [-0.05, 0) is 23.5 Å². The number of nitrogens with one attached hydrogen (secondary N) is 1. The molecule has 0 spiro atoms. The molecule has 1 N–H and O–H groups in total. The van der Waals surface area contributed by atoms with Crippen LogP contribution in [0, 0.1) is 5.92 Å². The molecule has 1 heterocycles. The fraction of sp³-hybridized carbons (Fsp3) is 0.462. The lowest BCUT2D eigenvalue weighted by Crippen LogP contribution is -2.30. The SMILES string of the molecule is CC(C)C1C(=O)NCCc2ccccc21. The average Bonchev–Trinajstić information content (AvgIpc) is 2.35. The largest absolute Gasteiger partial charge is 0.355 e. The second-order valence-corrected chi connectivity index (χ2v) is 4.46. The van der Waals surface area contributed by atoms with Crippen LogP contribution in [0.2, 0.25) is 0 Å². The molecule has 0 radical (unpaired) electrons. The van der Waals surface area contributed by atoms with E-state index in [2.05, 4.69) is 31.3 Å². The summed E-state index contributed by atoms with van der Waals surface area (Å²) >= 11 is 0. The third kappa shape index (κ3) is 1.89. The van der Waals surface area contributed by atoms with Gasteiger partial charge in [0.1, 0.15) is 0 Å². The Kier molecular flexibility index (Phi) is 2.76. The Hall–Kier alpha value is -1.31. The molecule has 2 heteroatoms. The molecule has 1 aliphatic rings. The zero-order valence-corrected chi connectivity index (χ0v) is 9.29.